The minimum absolute atomic E-state index is 0.0547. The zero-order valence-corrected chi connectivity index (χ0v) is 81.3. The number of hydrogen-bond acceptors (Lipinski definition) is 2. The van der Waals surface area contributed by atoms with Gasteiger partial charge in [0.05, 0.1) is 17.8 Å². The quantitative estimate of drug-likeness (QED) is 0.123. The van der Waals surface area contributed by atoms with Gasteiger partial charge >= 0.3 is 0 Å². The maximum absolute atomic E-state index is 8.81. The van der Waals surface area contributed by atoms with E-state index in [9.17, 15) is 0 Å². The molecule has 0 aromatic heterocycles. The molecule has 26 rings (SSSR count). The first-order valence-electron chi connectivity index (χ1n) is 50.6. The van der Waals surface area contributed by atoms with Crippen molar-refractivity contribution in [2.75, 3.05) is 4.90 Å². The Balaban J connectivity index is 0.000000167. The minimum Gasteiger partial charge on any atom is -0.508 e. The Bertz CT molecular complexity index is 7410. The van der Waals surface area contributed by atoms with Crippen LogP contribution in [0.5, 0.6) is 5.75 Å². The lowest BCUT2D eigenvalue weighted by molar-refractivity contribution is 0.475. The highest BCUT2D eigenvalue weighted by Crippen LogP contribution is 2.56. The van der Waals surface area contributed by atoms with Crippen molar-refractivity contribution in [2.45, 2.75) is 95.8 Å². The SMILES string of the molecule is C(#CC(c1ccc(N(c2ccc(C(C#Cc3ccccc3)C3c4ccccc4-c4ccccc43)cc2)c2ccc(C(C#Cc3ccccc3)C3c4ccccc4-c4ccccc43)cc2)cc1)C1c2ccccc2-c2ccccc21)c1ccccc1.CC.CCC.Cc1cccc(O)c1.c1ccc2c(c1)Cc1cc(-c3cc(-c4ccc5c(c4)Cc4ccccc4-5)cc(-c4ccc5c(c4)Cc4ccccc4-5)c3)ccc1-2. The average molecular weight is 1830 g/mol. The molecule has 20 aromatic rings. The Morgan fingerprint density at radius 2 is 0.469 bits per heavy atom. The van der Waals surface area contributed by atoms with Gasteiger partial charge in [0.2, 0.25) is 0 Å². The first kappa shape index (κ1) is 90.8. The molecular weight excluding hydrogens is 1720 g/mol. The van der Waals surface area contributed by atoms with E-state index in [0.717, 1.165) is 58.6 Å². The smallest absolute Gasteiger partial charge is 0.115 e. The molecule has 6 aliphatic rings. The van der Waals surface area contributed by atoms with Crippen LogP contribution in [0.15, 0.2) is 479 Å². The number of aromatic hydroxyl groups is 1. The molecule has 3 unspecified atom stereocenters. The second kappa shape index (κ2) is 41.0. The van der Waals surface area contributed by atoms with E-state index in [1.54, 1.807) is 12.1 Å². The normalized spacial score (nSPS) is 12.8. The Hall–Kier alpha value is -17.3. The second-order valence-electron chi connectivity index (χ2n) is 37.9. The molecule has 684 valence electrons. The molecule has 2 heteroatoms. The first-order valence-corrected chi connectivity index (χ1v) is 50.6. The Labute approximate surface area is 843 Å². The van der Waals surface area contributed by atoms with Crippen LogP contribution in [0.1, 0.15) is 175 Å². The molecule has 6 aliphatic carbocycles. The van der Waals surface area contributed by atoms with Gasteiger partial charge in [0.25, 0.3) is 0 Å². The number of aryl methyl sites for hydroxylation is 1. The monoisotopic (exact) mass is 1830 g/mol. The molecule has 1 N–H and O–H groups in total. The van der Waals surface area contributed by atoms with Crippen molar-refractivity contribution in [3.05, 3.63) is 585 Å². The Morgan fingerprint density at radius 1 is 0.231 bits per heavy atom. The van der Waals surface area contributed by atoms with Gasteiger partial charge in [-0.25, -0.2) is 0 Å². The van der Waals surface area contributed by atoms with E-state index in [-0.39, 0.29) is 35.5 Å². The number of rotatable bonds is 12. The van der Waals surface area contributed by atoms with Crippen LogP contribution in [0, 0.1) is 42.4 Å². The van der Waals surface area contributed by atoms with E-state index < -0.39 is 0 Å². The summed E-state index contributed by atoms with van der Waals surface area (Å²) in [6.07, 6.45) is 4.26. The molecule has 0 saturated carbocycles. The van der Waals surface area contributed by atoms with Gasteiger partial charge in [0.1, 0.15) is 5.75 Å². The van der Waals surface area contributed by atoms with Crippen LogP contribution in [0.3, 0.4) is 0 Å². The maximum atomic E-state index is 8.81. The third-order valence-electron chi connectivity index (χ3n) is 28.9. The summed E-state index contributed by atoms with van der Waals surface area (Å²) >= 11 is 0. The van der Waals surface area contributed by atoms with Crippen LogP contribution < -0.4 is 4.90 Å². The van der Waals surface area contributed by atoms with Crippen molar-refractivity contribution in [3.8, 4) is 141 Å². The lowest BCUT2D eigenvalue weighted by atomic mass is 9.79. The van der Waals surface area contributed by atoms with E-state index >= 15 is 0 Å². The largest absolute Gasteiger partial charge is 0.508 e. The zero-order valence-electron chi connectivity index (χ0n) is 81.3. The highest BCUT2D eigenvalue weighted by Gasteiger charge is 2.39. The molecule has 0 heterocycles. The minimum atomic E-state index is -0.120. The van der Waals surface area contributed by atoms with Gasteiger partial charge in [-0.05, 0) is 318 Å². The summed E-state index contributed by atoms with van der Waals surface area (Å²) in [4.78, 5) is 2.40. The van der Waals surface area contributed by atoms with E-state index in [4.69, 9.17) is 5.11 Å². The predicted molar refractivity (Wildman–Crippen MR) is 598 cm³/mol. The predicted octanol–water partition coefficient (Wildman–Crippen LogP) is 35.5. The molecule has 0 fully saturated rings. The summed E-state index contributed by atoms with van der Waals surface area (Å²) in [5.74, 6) is 22.5. The van der Waals surface area contributed by atoms with Crippen molar-refractivity contribution >= 4 is 17.1 Å². The molecule has 20 aromatic carbocycles. The van der Waals surface area contributed by atoms with E-state index in [1.165, 1.54) is 190 Å². The van der Waals surface area contributed by atoms with Crippen molar-refractivity contribution in [1.82, 2.24) is 0 Å². The molecule has 3 atom stereocenters. The maximum Gasteiger partial charge on any atom is 0.115 e. The van der Waals surface area contributed by atoms with Gasteiger partial charge in [0.15, 0.2) is 0 Å². The fourth-order valence-corrected chi connectivity index (χ4v) is 22.5. The van der Waals surface area contributed by atoms with Gasteiger partial charge < -0.3 is 10.0 Å². The van der Waals surface area contributed by atoms with E-state index in [1.807, 2.05) is 32.9 Å². The topological polar surface area (TPSA) is 23.5 Å². The van der Waals surface area contributed by atoms with Crippen molar-refractivity contribution in [1.29, 1.82) is 0 Å². The molecule has 0 amide bonds. The van der Waals surface area contributed by atoms with E-state index in [0.29, 0.717) is 5.75 Å². The standard InChI is InChI=1S/C84H57N.C45H30.C7H8O.C3H8.C2H6/c1-4-22-58(23-5-1)40-55-67(82-76-34-16-10-28-70(76)71-29-11-17-35-77(71)82)61-43-49-64(50-44-61)85(65-51-45-62(46-52-65)68(56-41-59-24-6-2-7-25-59)83-78-36-18-12-30-72(78)73-31-13-19-37-79(73)83)66-53-47-63(48-54-66)69(57-42-60-26-8-3-9-27-60)84-80-38-20-14-32-74(80)75-33-15-21-39-81(75)84;1-4-10-40-31(7-1)22-37-19-28(13-16-43(37)40)34-25-35(29-14-17-44-38(20-29)23-32-8-2-5-11-41(32)44)27-36(26-34)30-15-18-45-39(21-30)24-33-9-3-6-12-42(33)45;1-6-3-2-4-7(8)5-6;1-3-2;1-2/h1-39,43-54,67-69,82-84H;1-21,25-27H,22-24H2;2-5,8H,1H3;3H2,1-2H3;1-2H3. The summed E-state index contributed by atoms with van der Waals surface area (Å²) in [7, 11) is 0. The van der Waals surface area contributed by atoms with Crippen LogP contribution in [0.25, 0.3) is 100 Å². The number of hydrogen-bond donors (Lipinski definition) is 1. The fraction of sp³-hybridized carbons (Fsp3) is 0.106. The van der Waals surface area contributed by atoms with Crippen LogP contribution in [-0.2, 0) is 19.3 Å². The molecule has 2 nitrogen and oxygen atoms in total. The van der Waals surface area contributed by atoms with Crippen LogP contribution in [0.4, 0.5) is 17.1 Å². The summed E-state index contributed by atoms with van der Waals surface area (Å²) in [6, 6.07) is 174. The van der Waals surface area contributed by atoms with Crippen LogP contribution in [-0.4, -0.2) is 5.11 Å². The molecule has 0 saturated heterocycles. The third-order valence-corrected chi connectivity index (χ3v) is 28.9. The summed E-state index contributed by atoms with van der Waals surface area (Å²) in [5, 5.41) is 8.81. The summed E-state index contributed by atoms with van der Waals surface area (Å²) in [5.41, 5.74) is 50.8. The summed E-state index contributed by atoms with van der Waals surface area (Å²) < 4.78 is 0. The van der Waals surface area contributed by atoms with Crippen molar-refractivity contribution in [2.24, 2.45) is 0 Å². The van der Waals surface area contributed by atoms with Crippen molar-refractivity contribution in [3.63, 3.8) is 0 Å². The lowest BCUT2D eigenvalue weighted by Gasteiger charge is -2.28. The molecule has 0 radical (unpaired) electrons. The van der Waals surface area contributed by atoms with Crippen molar-refractivity contribution < 1.29 is 5.11 Å². The van der Waals surface area contributed by atoms with Gasteiger partial charge in [-0.15, -0.1) is 0 Å². The zero-order chi connectivity index (χ0) is 96.6. The highest BCUT2D eigenvalue weighted by atomic mass is 16.3. The lowest BCUT2D eigenvalue weighted by Crippen LogP contribution is -2.13. The second-order valence-corrected chi connectivity index (χ2v) is 37.9. The molecular formula is C141H109NO. The number of nitrogens with zero attached hydrogens (tertiary/aromatic N) is 1. The summed E-state index contributed by atoms with van der Waals surface area (Å²) in [6.45, 7) is 10.2. The van der Waals surface area contributed by atoms with Crippen LogP contribution >= 0.6 is 0 Å². The molecule has 143 heavy (non-hydrogen) atoms. The Morgan fingerprint density at radius 3 is 0.720 bits per heavy atom. The number of phenolic OH excluding ortho intramolecular Hbond substituents is 1. The van der Waals surface area contributed by atoms with E-state index in [2.05, 4.69) is 509 Å². The fourth-order valence-electron chi connectivity index (χ4n) is 22.5. The number of benzene rings is 20. The van der Waals surface area contributed by atoms with Crippen LogP contribution in [0.2, 0.25) is 0 Å². The third kappa shape index (κ3) is 18.4. The molecule has 0 aliphatic heterocycles. The Kier molecular flexibility index (Phi) is 26.0. The first-order chi connectivity index (χ1) is 70.6. The number of anilines is 3. The van der Waals surface area contributed by atoms with Gasteiger partial charge in [-0.3, -0.25) is 0 Å². The number of fused-ring (bicyclic) bond motifs is 18. The van der Waals surface area contributed by atoms with Gasteiger partial charge in [-0.1, -0.05) is 446 Å². The number of phenols is 1. The van der Waals surface area contributed by atoms with Gasteiger partial charge in [0, 0.05) is 51.5 Å². The molecule has 0 spiro atoms. The molecule has 0 bridgehead atoms. The highest BCUT2D eigenvalue weighted by molar-refractivity contribution is 5.90. The van der Waals surface area contributed by atoms with Gasteiger partial charge in [-0.2, -0.15) is 0 Å². The average Bonchev–Trinajstić information content (AvgIpc) is 1.61.